The van der Waals surface area contributed by atoms with Gasteiger partial charge < -0.3 is 0 Å². The van der Waals surface area contributed by atoms with Crippen LogP contribution in [0.1, 0.15) is 11.1 Å². The van der Waals surface area contributed by atoms with Crippen LogP contribution in [0.4, 0.5) is 0 Å². The molecule has 0 atom stereocenters. The molecule has 0 aromatic heterocycles. The lowest BCUT2D eigenvalue weighted by Gasteiger charge is -2.20. The molecule has 0 fully saturated rings. The molecule has 2 aromatic carbocycles. The second kappa shape index (κ2) is 6.78. The van der Waals surface area contributed by atoms with Gasteiger partial charge in [0.2, 0.25) is 0 Å². The summed E-state index contributed by atoms with van der Waals surface area (Å²) in [4.78, 5) is 2.30. The summed E-state index contributed by atoms with van der Waals surface area (Å²) >= 11 is 6.22. The van der Waals surface area contributed by atoms with Crippen molar-refractivity contribution in [3.8, 4) is 0 Å². The van der Waals surface area contributed by atoms with Gasteiger partial charge in [0.25, 0.3) is 0 Å². The van der Waals surface area contributed by atoms with Crippen LogP contribution in [0.25, 0.3) is 0 Å². The maximum Gasteiger partial charge on any atom is 0.0775 e. The molecule has 0 saturated heterocycles. The second-order valence-corrected chi connectivity index (χ2v) is 12.2. The van der Waals surface area contributed by atoms with Crippen LogP contribution in [-0.4, -0.2) is 20.0 Å². The molecule has 0 bridgehead atoms. The minimum atomic E-state index is -1.20. The first-order valence-electron chi connectivity index (χ1n) is 7.37. The number of nitrogens with zero attached hydrogens (tertiary/aromatic N) is 1. The number of rotatable bonds is 5. The maximum atomic E-state index is 6.22. The summed E-state index contributed by atoms with van der Waals surface area (Å²) < 4.78 is 0. The predicted molar refractivity (Wildman–Crippen MR) is 96.0 cm³/mol. The molecule has 0 N–H and O–H groups in total. The Hall–Kier alpha value is -1.09. The molecule has 2 rings (SSSR count). The fourth-order valence-electron chi connectivity index (χ4n) is 2.40. The van der Waals surface area contributed by atoms with E-state index in [0.717, 1.165) is 18.1 Å². The van der Waals surface area contributed by atoms with E-state index in [0.29, 0.717) is 0 Å². The average molecular weight is 318 g/mol. The summed E-state index contributed by atoms with van der Waals surface area (Å²) in [6, 6.07) is 17.2. The van der Waals surface area contributed by atoms with E-state index in [2.05, 4.69) is 61.9 Å². The Morgan fingerprint density at radius 2 is 1.52 bits per heavy atom. The third-order valence-electron chi connectivity index (χ3n) is 3.67. The molecule has 2 aromatic rings. The van der Waals surface area contributed by atoms with Crippen LogP contribution in [0.2, 0.25) is 24.7 Å². The quantitative estimate of drug-likeness (QED) is 0.733. The van der Waals surface area contributed by atoms with Crippen molar-refractivity contribution in [1.29, 1.82) is 0 Å². The fourth-order valence-corrected chi connectivity index (χ4v) is 3.76. The lowest BCUT2D eigenvalue weighted by atomic mass is 10.2. The Kier molecular flexibility index (Phi) is 5.25. The van der Waals surface area contributed by atoms with Crippen molar-refractivity contribution >= 4 is 24.9 Å². The van der Waals surface area contributed by atoms with Crippen LogP contribution >= 0.6 is 11.6 Å². The Labute approximate surface area is 134 Å². The number of hydrogen-bond acceptors (Lipinski definition) is 1. The molecule has 0 spiro atoms. The molecule has 112 valence electrons. The molecule has 21 heavy (non-hydrogen) atoms. The van der Waals surface area contributed by atoms with Gasteiger partial charge in [-0.3, -0.25) is 4.90 Å². The van der Waals surface area contributed by atoms with Gasteiger partial charge in [-0.25, -0.2) is 0 Å². The Morgan fingerprint density at radius 1 is 0.905 bits per heavy atom. The zero-order chi connectivity index (χ0) is 15.5. The first-order valence-corrected chi connectivity index (χ1v) is 11.3. The van der Waals surface area contributed by atoms with E-state index in [1.54, 1.807) is 0 Å². The van der Waals surface area contributed by atoms with Crippen molar-refractivity contribution in [3.05, 3.63) is 64.7 Å². The van der Waals surface area contributed by atoms with Crippen LogP contribution in [-0.2, 0) is 13.1 Å². The lowest BCUT2D eigenvalue weighted by molar-refractivity contribution is 0.319. The van der Waals surface area contributed by atoms with Gasteiger partial charge in [0.1, 0.15) is 0 Å². The molecule has 0 aliphatic rings. The molecule has 3 heteroatoms. The summed E-state index contributed by atoms with van der Waals surface area (Å²) in [5.74, 6) is 0. The maximum absolute atomic E-state index is 6.22. The third-order valence-corrected chi connectivity index (χ3v) is 6.10. The average Bonchev–Trinajstić information content (AvgIpc) is 2.41. The molecule has 1 nitrogen and oxygen atoms in total. The highest BCUT2D eigenvalue weighted by Gasteiger charge is 2.15. The van der Waals surface area contributed by atoms with Crippen LogP contribution in [0.3, 0.4) is 0 Å². The van der Waals surface area contributed by atoms with Gasteiger partial charge in [0.15, 0.2) is 0 Å². The summed E-state index contributed by atoms with van der Waals surface area (Å²) in [6.45, 7) is 8.95. The van der Waals surface area contributed by atoms with Gasteiger partial charge in [0, 0.05) is 18.1 Å². The normalized spacial score (nSPS) is 11.9. The number of benzene rings is 2. The van der Waals surface area contributed by atoms with Crippen LogP contribution < -0.4 is 5.19 Å². The van der Waals surface area contributed by atoms with E-state index in [9.17, 15) is 0 Å². The van der Waals surface area contributed by atoms with Crippen molar-refractivity contribution in [2.24, 2.45) is 0 Å². The van der Waals surface area contributed by atoms with Crippen molar-refractivity contribution in [2.45, 2.75) is 32.7 Å². The lowest BCUT2D eigenvalue weighted by Crippen LogP contribution is -2.37. The van der Waals surface area contributed by atoms with Gasteiger partial charge in [-0.2, -0.15) is 0 Å². The van der Waals surface area contributed by atoms with E-state index in [-0.39, 0.29) is 0 Å². The van der Waals surface area contributed by atoms with E-state index < -0.39 is 8.07 Å². The minimum absolute atomic E-state index is 0.846. The summed E-state index contributed by atoms with van der Waals surface area (Å²) in [5.41, 5.74) is 2.53. The standard InChI is InChI=1S/C18H24ClNSi/c1-20(14-16-7-5-6-8-18(16)19)13-15-9-11-17(12-10-15)21(2,3)4/h5-12H,13-14H2,1-4H3. The summed E-state index contributed by atoms with van der Waals surface area (Å²) in [7, 11) is 0.939. The molecule has 0 radical (unpaired) electrons. The molecule has 0 unspecified atom stereocenters. The highest BCUT2D eigenvalue weighted by Crippen LogP contribution is 2.17. The van der Waals surface area contributed by atoms with Gasteiger partial charge in [-0.05, 0) is 24.2 Å². The first kappa shape index (κ1) is 16.3. The second-order valence-electron chi connectivity index (χ2n) is 6.71. The van der Waals surface area contributed by atoms with Crippen molar-refractivity contribution < 1.29 is 0 Å². The van der Waals surface area contributed by atoms with Crippen molar-refractivity contribution in [1.82, 2.24) is 4.90 Å². The summed E-state index contributed by atoms with van der Waals surface area (Å²) in [6.07, 6.45) is 0. The van der Waals surface area contributed by atoms with Gasteiger partial charge in [-0.1, -0.05) is 78.9 Å². The first-order chi connectivity index (χ1) is 9.86. The van der Waals surface area contributed by atoms with E-state index in [1.807, 2.05) is 18.2 Å². The largest absolute Gasteiger partial charge is 0.298 e. The molecule has 0 aliphatic carbocycles. The fraction of sp³-hybridized carbons (Fsp3) is 0.333. The van der Waals surface area contributed by atoms with Gasteiger partial charge in [0.05, 0.1) is 8.07 Å². The molecule has 0 heterocycles. The van der Waals surface area contributed by atoms with E-state index >= 15 is 0 Å². The third kappa shape index (κ3) is 4.70. The molecule has 0 saturated carbocycles. The SMILES string of the molecule is CN(Cc1ccc([Si](C)(C)C)cc1)Cc1ccccc1Cl. The van der Waals surface area contributed by atoms with E-state index in [1.165, 1.54) is 16.3 Å². The zero-order valence-electron chi connectivity index (χ0n) is 13.4. The highest BCUT2D eigenvalue weighted by atomic mass is 35.5. The molecule has 0 aliphatic heterocycles. The van der Waals surface area contributed by atoms with Gasteiger partial charge >= 0.3 is 0 Å². The van der Waals surface area contributed by atoms with E-state index in [4.69, 9.17) is 11.6 Å². The Balaban J connectivity index is 2.00. The predicted octanol–water partition coefficient (Wildman–Crippen LogP) is 4.52. The number of halogens is 1. The molecule has 0 amide bonds. The highest BCUT2D eigenvalue weighted by molar-refractivity contribution is 6.88. The minimum Gasteiger partial charge on any atom is -0.298 e. The molecular weight excluding hydrogens is 294 g/mol. The van der Waals surface area contributed by atoms with Crippen molar-refractivity contribution in [2.75, 3.05) is 7.05 Å². The Morgan fingerprint density at radius 3 is 2.10 bits per heavy atom. The summed E-state index contributed by atoms with van der Waals surface area (Å²) in [5, 5.41) is 2.36. The van der Waals surface area contributed by atoms with Crippen LogP contribution in [0, 0.1) is 0 Å². The number of hydrogen-bond donors (Lipinski definition) is 0. The van der Waals surface area contributed by atoms with Gasteiger partial charge in [-0.15, -0.1) is 0 Å². The van der Waals surface area contributed by atoms with Crippen LogP contribution in [0.5, 0.6) is 0 Å². The Bertz CT molecular complexity index is 587. The van der Waals surface area contributed by atoms with Crippen molar-refractivity contribution in [3.63, 3.8) is 0 Å². The van der Waals surface area contributed by atoms with Crippen LogP contribution in [0.15, 0.2) is 48.5 Å². The molecular formula is C18H24ClNSi. The zero-order valence-corrected chi connectivity index (χ0v) is 15.1. The topological polar surface area (TPSA) is 3.24 Å². The monoisotopic (exact) mass is 317 g/mol. The smallest absolute Gasteiger partial charge is 0.0775 e.